The minimum atomic E-state index is -3.48. The molecule has 31 heavy (non-hydrogen) atoms. The van der Waals surface area contributed by atoms with E-state index < -0.39 is 10.0 Å². The number of aryl methyl sites for hydroxylation is 2. The Kier molecular flexibility index (Phi) is 6.73. The van der Waals surface area contributed by atoms with E-state index in [-0.39, 0.29) is 10.0 Å². The number of benzene rings is 1. The van der Waals surface area contributed by atoms with Crippen LogP contribution >= 0.6 is 22.9 Å². The third-order valence-corrected chi connectivity index (χ3v) is 8.83. The van der Waals surface area contributed by atoms with E-state index in [4.69, 9.17) is 16.1 Å². The first-order valence-corrected chi connectivity index (χ1v) is 12.5. The van der Waals surface area contributed by atoms with E-state index in [2.05, 4.69) is 15.0 Å². The summed E-state index contributed by atoms with van der Waals surface area (Å²) in [6.07, 6.45) is 1.41. The number of piperazine rings is 1. The van der Waals surface area contributed by atoms with E-state index in [0.29, 0.717) is 59.8 Å². The highest BCUT2D eigenvalue weighted by atomic mass is 35.5. The second-order valence-electron chi connectivity index (χ2n) is 7.38. The van der Waals surface area contributed by atoms with E-state index in [9.17, 15) is 12.8 Å². The number of sulfonamides is 1. The van der Waals surface area contributed by atoms with Crippen LogP contribution < -0.4 is 0 Å². The van der Waals surface area contributed by atoms with Crippen molar-refractivity contribution < 1.29 is 17.3 Å². The molecule has 1 aliphatic heterocycles. The Morgan fingerprint density at radius 2 is 1.97 bits per heavy atom. The second-order valence-corrected chi connectivity index (χ2v) is 11.3. The zero-order chi connectivity index (χ0) is 22.0. The van der Waals surface area contributed by atoms with E-state index in [0.717, 1.165) is 24.3 Å². The molecule has 0 amide bonds. The van der Waals surface area contributed by atoms with Gasteiger partial charge >= 0.3 is 0 Å². The lowest BCUT2D eigenvalue weighted by molar-refractivity contribution is 0.185. The molecule has 3 aromatic rings. The Morgan fingerprint density at radius 1 is 1.19 bits per heavy atom. The first-order chi connectivity index (χ1) is 14.8. The van der Waals surface area contributed by atoms with Crippen LogP contribution in [0.15, 0.2) is 39.1 Å². The van der Waals surface area contributed by atoms with Crippen LogP contribution in [-0.2, 0) is 16.4 Å². The first kappa shape index (κ1) is 22.3. The zero-order valence-electron chi connectivity index (χ0n) is 16.9. The number of aromatic nitrogens is 2. The van der Waals surface area contributed by atoms with Crippen molar-refractivity contribution in [3.05, 3.63) is 51.9 Å². The lowest BCUT2D eigenvalue weighted by Gasteiger charge is -2.33. The monoisotopic (exact) mass is 484 g/mol. The molecule has 0 N–H and O–H groups in total. The predicted octanol–water partition coefficient (Wildman–Crippen LogP) is 3.84. The number of nitrogens with zero attached hydrogens (tertiary/aromatic N) is 4. The SMILES string of the molecule is Cc1ccc(-c2noc(CCCN3CCN(S(=O)(=O)c4ccc(Cl)s4)CC3)n2)cc1F. The van der Waals surface area contributed by atoms with E-state index in [1.165, 1.54) is 10.4 Å². The van der Waals surface area contributed by atoms with Gasteiger partial charge in [0.2, 0.25) is 11.7 Å². The summed E-state index contributed by atoms with van der Waals surface area (Å²) in [6.45, 7) is 4.72. The van der Waals surface area contributed by atoms with Crippen molar-refractivity contribution >= 4 is 33.0 Å². The van der Waals surface area contributed by atoms with E-state index >= 15 is 0 Å². The molecular weight excluding hydrogens is 463 g/mol. The maximum Gasteiger partial charge on any atom is 0.252 e. The van der Waals surface area contributed by atoms with E-state index in [1.54, 1.807) is 31.2 Å². The standard InChI is InChI=1S/C20H22ClFN4O3S2/c1-14-4-5-15(13-16(14)22)20-23-18(29-24-20)3-2-8-25-9-11-26(12-10-25)31(27,28)19-7-6-17(21)30-19/h4-7,13H,2-3,8-12H2,1H3. The summed E-state index contributed by atoms with van der Waals surface area (Å²) < 4.78 is 46.6. The third-order valence-electron chi connectivity index (χ3n) is 5.24. The maximum absolute atomic E-state index is 13.7. The predicted molar refractivity (Wildman–Crippen MR) is 117 cm³/mol. The third kappa shape index (κ3) is 5.15. The second kappa shape index (κ2) is 9.33. The van der Waals surface area contributed by atoms with Gasteiger partial charge in [0.25, 0.3) is 10.0 Å². The molecule has 1 aliphatic rings. The Labute approximate surface area is 189 Å². The number of hydrogen-bond donors (Lipinski definition) is 0. The molecule has 0 spiro atoms. The van der Waals surface area contributed by atoms with Crippen LogP contribution in [-0.4, -0.2) is 60.5 Å². The number of halogens is 2. The molecule has 0 unspecified atom stereocenters. The van der Waals surface area contributed by atoms with Crippen LogP contribution in [0.1, 0.15) is 17.9 Å². The summed E-state index contributed by atoms with van der Waals surface area (Å²) >= 11 is 6.96. The quantitative estimate of drug-likeness (QED) is 0.507. The van der Waals surface area contributed by atoms with Crippen molar-refractivity contribution in [2.45, 2.75) is 24.0 Å². The van der Waals surface area contributed by atoms with Crippen molar-refractivity contribution in [2.75, 3.05) is 32.7 Å². The average molecular weight is 485 g/mol. The van der Waals surface area contributed by atoms with Gasteiger partial charge in [0.05, 0.1) is 4.34 Å². The fraction of sp³-hybridized carbons (Fsp3) is 0.400. The minimum Gasteiger partial charge on any atom is -0.339 e. The fourth-order valence-corrected chi connectivity index (χ4v) is 6.48. The lowest BCUT2D eigenvalue weighted by Crippen LogP contribution is -2.48. The molecule has 1 aromatic carbocycles. The molecule has 0 radical (unpaired) electrons. The molecule has 0 saturated carbocycles. The summed E-state index contributed by atoms with van der Waals surface area (Å²) in [5, 5.41) is 3.94. The van der Waals surface area contributed by atoms with Gasteiger partial charge in [0.15, 0.2) is 0 Å². The van der Waals surface area contributed by atoms with Crippen molar-refractivity contribution in [3.8, 4) is 11.4 Å². The van der Waals surface area contributed by atoms with Crippen LogP contribution in [0.4, 0.5) is 4.39 Å². The summed E-state index contributed by atoms with van der Waals surface area (Å²) in [6, 6.07) is 8.02. The van der Waals surface area contributed by atoms with Gasteiger partial charge in [-0.05, 0) is 43.7 Å². The van der Waals surface area contributed by atoms with Crippen molar-refractivity contribution in [3.63, 3.8) is 0 Å². The van der Waals surface area contributed by atoms with Crippen LogP contribution in [0.2, 0.25) is 4.34 Å². The molecule has 2 aromatic heterocycles. The van der Waals surface area contributed by atoms with Gasteiger partial charge in [-0.1, -0.05) is 28.9 Å². The molecule has 0 aliphatic carbocycles. The molecule has 7 nitrogen and oxygen atoms in total. The molecule has 4 rings (SSSR count). The van der Waals surface area contributed by atoms with Crippen molar-refractivity contribution in [2.24, 2.45) is 0 Å². The van der Waals surface area contributed by atoms with Gasteiger partial charge in [-0.15, -0.1) is 11.3 Å². The van der Waals surface area contributed by atoms with Crippen LogP contribution in [0.25, 0.3) is 11.4 Å². The average Bonchev–Trinajstić information content (AvgIpc) is 3.40. The lowest BCUT2D eigenvalue weighted by atomic mass is 10.1. The highest BCUT2D eigenvalue weighted by Gasteiger charge is 2.29. The first-order valence-electron chi connectivity index (χ1n) is 9.90. The molecule has 1 saturated heterocycles. The minimum absolute atomic E-state index is 0.284. The van der Waals surface area contributed by atoms with Gasteiger partial charge in [-0.25, -0.2) is 12.8 Å². The summed E-state index contributed by atoms with van der Waals surface area (Å²) in [4.78, 5) is 6.58. The molecular formula is C20H22ClFN4O3S2. The highest BCUT2D eigenvalue weighted by Crippen LogP contribution is 2.28. The van der Waals surface area contributed by atoms with Crippen molar-refractivity contribution in [1.29, 1.82) is 0 Å². The number of hydrogen-bond acceptors (Lipinski definition) is 7. The molecule has 0 atom stereocenters. The largest absolute Gasteiger partial charge is 0.339 e. The van der Waals surface area contributed by atoms with Gasteiger partial charge in [-0.2, -0.15) is 9.29 Å². The van der Waals surface area contributed by atoms with Crippen molar-refractivity contribution in [1.82, 2.24) is 19.3 Å². The normalized spacial score (nSPS) is 16.1. The summed E-state index contributed by atoms with van der Waals surface area (Å²) in [5.41, 5.74) is 1.15. The number of thiophene rings is 1. The smallest absolute Gasteiger partial charge is 0.252 e. The van der Waals surface area contributed by atoms with Gasteiger partial charge in [0, 0.05) is 38.2 Å². The Balaban J connectivity index is 1.25. The Morgan fingerprint density at radius 3 is 2.65 bits per heavy atom. The zero-order valence-corrected chi connectivity index (χ0v) is 19.3. The number of rotatable bonds is 7. The van der Waals surface area contributed by atoms with Gasteiger partial charge in [-0.3, -0.25) is 0 Å². The molecule has 0 bridgehead atoms. The molecule has 11 heteroatoms. The molecule has 1 fully saturated rings. The molecule has 3 heterocycles. The highest BCUT2D eigenvalue weighted by molar-refractivity contribution is 7.91. The molecule has 166 valence electrons. The van der Waals surface area contributed by atoms with Crippen LogP contribution in [0.3, 0.4) is 0 Å². The maximum atomic E-state index is 13.7. The van der Waals surface area contributed by atoms with Gasteiger partial charge in [0.1, 0.15) is 10.0 Å². The fourth-order valence-electron chi connectivity index (χ4n) is 3.42. The van der Waals surface area contributed by atoms with Crippen LogP contribution in [0.5, 0.6) is 0 Å². The Bertz CT molecular complexity index is 1160. The topological polar surface area (TPSA) is 79.5 Å². The Hall–Kier alpha value is -1.85. The summed E-state index contributed by atoms with van der Waals surface area (Å²) in [5.74, 6) is 0.584. The summed E-state index contributed by atoms with van der Waals surface area (Å²) in [7, 11) is -3.48. The van der Waals surface area contributed by atoms with Crippen LogP contribution in [0, 0.1) is 12.7 Å². The van der Waals surface area contributed by atoms with E-state index in [1.807, 2.05) is 0 Å². The van der Waals surface area contributed by atoms with Gasteiger partial charge < -0.3 is 9.42 Å².